The fourth-order valence-electron chi connectivity index (χ4n) is 3.65. The first-order valence-corrected chi connectivity index (χ1v) is 10.2. The Morgan fingerprint density at radius 1 is 1.19 bits per heavy atom. The van der Waals surface area contributed by atoms with Crippen molar-refractivity contribution in [2.75, 3.05) is 11.9 Å². The molecule has 144 valence electrons. The number of rotatable bonds is 4. The summed E-state index contributed by atoms with van der Waals surface area (Å²) in [4.78, 5) is 4.21. The molecule has 3 nitrogen and oxygen atoms in total. The van der Waals surface area contributed by atoms with Gasteiger partial charge in [-0.05, 0) is 55.2 Å². The second kappa shape index (κ2) is 8.72. The highest BCUT2D eigenvalue weighted by molar-refractivity contribution is 7.80. The van der Waals surface area contributed by atoms with Crippen LogP contribution in [0.25, 0.3) is 0 Å². The molecule has 0 unspecified atom stereocenters. The number of halogens is 3. The average Bonchev–Trinajstić information content (AvgIpc) is 2.68. The van der Waals surface area contributed by atoms with E-state index in [9.17, 15) is 4.39 Å². The minimum atomic E-state index is -0.214. The summed E-state index contributed by atoms with van der Waals surface area (Å²) in [6.07, 6.45) is 7.19. The van der Waals surface area contributed by atoms with Gasteiger partial charge in [-0.2, -0.15) is 0 Å². The molecule has 1 aromatic heterocycles. The molecule has 0 amide bonds. The highest BCUT2D eigenvalue weighted by Crippen LogP contribution is 2.39. The van der Waals surface area contributed by atoms with Gasteiger partial charge in [0.2, 0.25) is 0 Å². The number of hydrogen-bond donors (Lipinski definition) is 2. The van der Waals surface area contributed by atoms with E-state index in [1.807, 2.05) is 19.1 Å². The summed E-state index contributed by atoms with van der Waals surface area (Å²) in [6.45, 7) is 2.51. The molecule has 2 aromatic rings. The summed E-state index contributed by atoms with van der Waals surface area (Å²) < 4.78 is 13.4. The van der Waals surface area contributed by atoms with Gasteiger partial charge in [-0.3, -0.25) is 0 Å². The Kier molecular flexibility index (Phi) is 6.56. The highest BCUT2D eigenvalue weighted by atomic mass is 35.5. The zero-order chi connectivity index (χ0) is 19.4. The van der Waals surface area contributed by atoms with E-state index in [0.29, 0.717) is 27.5 Å². The van der Waals surface area contributed by atoms with Crippen LogP contribution in [-0.2, 0) is 5.41 Å². The summed E-state index contributed by atoms with van der Waals surface area (Å²) in [5, 5.41) is 7.79. The summed E-state index contributed by atoms with van der Waals surface area (Å²) in [5.74, 6) is 0.268. The molecular weight excluding hydrogens is 404 g/mol. The number of pyridine rings is 1. The lowest BCUT2D eigenvalue weighted by Gasteiger charge is -2.38. The first-order chi connectivity index (χ1) is 12.9. The third-order valence-corrected chi connectivity index (χ3v) is 6.38. The van der Waals surface area contributed by atoms with Gasteiger partial charge >= 0.3 is 0 Å². The first-order valence-electron chi connectivity index (χ1n) is 9.03. The molecule has 2 N–H and O–H groups in total. The number of anilines is 1. The van der Waals surface area contributed by atoms with Crippen LogP contribution in [0.1, 0.15) is 43.2 Å². The third kappa shape index (κ3) is 4.71. The lowest BCUT2D eigenvalue weighted by Crippen LogP contribution is -2.43. The van der Waals surface area contributed by atoms with E-state index in [2.05, 4.69) is 15.6 Å². The Morgan fingerprint density at radius 2 is 1.85 bits per heavy atom. The molecule has 0 saturated heterocycles. The molecule has 1 aromatic carbocycles. The van der Waals surface area contributed by atoms with Crippen LogP contribution < -0.4 is 10.6 Å². The average molecular weight is 426 g/mol. The summed E-state index contributed by atoms with van der Waals surface area (Å²) in [5.41, 5.74) is 1.86. The molecule has 1 fully saturated rings. The van der Waals surface area contributed by atoms with Crippen molar-refractivity contribution in [3.05, 3.63) is 57.5 Å². The van der Waals surface area contributed by atoms with Gasteiger partial charge in [-0.25, -0.2) is 9.37 Å². The number of nitrogens with zero attached hydrogens (tertiary/aromatic N) is 1. The van der Waals surface area contributed by atoms with Crippen LogP contribution in [0.15, 0.2) is 30.5 Å². The molecule has 0 radical (unpaired) electrons. The predicted octanol–water partition coefficient (Wildman–Crippen LogP) is 6.02. The van der Waals surface area contributed by atoms with Gasteiger partial charge in [-0.1, -0.05) is 54.6 Å². The summed E-state index contributed by atoms with van der Waals surface area (Å²) in [7, 11) is 0. The molecule has 27 heavy (non-hydrogen) atoms. The van der Waals surface area contributed by atoms with Gasteiger partial charge in [0.05, 0.1) is 10.0 Å². The lowest BCUT2D eigenvalue weighted by molar-refractivity contribution is 0.292. The summed E-state index contributed by atoms with van der Waals surface area (Å²) >= 11 is 17.8. The molecule has 0 atom stereocenters. The largest absolute Gasteiger partial charge is 0.362 e. The lowest BCUT2D eigenvalue weighted by atomic mass is 9.69. The molecule has 3 rings (SSSR count). The standard InChI is InChI=1S/C20H22Cl2FN3S/c1-13-16(21)11-24-18(17(13)22)26-19(27)25-12-20(9-3-2-4-10-20)14-5-7-15(23)8-6-14/h5-8,11H,2-4,9-10,12H2,1H3,(H2,24,25,26,27). The normalized spacial score (nSPS) is 16.0. The van der Waals surface area contributed by atoms with Crippen LogP contribution in [0, 0.1) is 12.7 Å². The SMILES string of the molecule is Cc1c(Cl)cnc(NC(=S)NCC2(c3ccc(F)cc3)CCCCC2)c1Cl. The molecule has 1 aliphatic rings. The van der Waals surface area contributed by atoms with E-state index in [1.54, 1.807) is 6.20 Å². The Hall–Kier alpha value is -1.43. The van der Waals surface area contributed by atoms with Crippen LogP contribution in [0.5, 0.6) is 0 Å². The van der Waals surface area contributed by atoms with Crippen LogP contribution in [0.2, 0.25) is 10.0 Å². The maximum atomic E-state index is 13.4. The number of thiocarbonyl (C=S) groups is 1. The van der Waals surface area contributed by atoms with Crippen LogP contribution in [0.4, 0.5) is 10.2 Å². The monoisotopic (exact) mass is 425 g/mol. The molecule has 0 spiro atoms. The van der Waals surface area contributed by atoms with Gasteiger partial charge in [0.15, 0.2) is 10.9 Å². The second-order valence-electron chi connectivity index (χ2n) is 7.05. The topological polar surface area (TPSA) is 37.0 Å². The van der Waals surface area contributed by atoms with E-state index < -0.39 is 0 Å². The van der Waals surface area contributed by atoms with Crippen LogP contribution in [-0.4, -0.2) is 16.6 Å². The Labute approximate surface area is 174 Å². The molecule has 0 bridgehead atoms. The van der Waals surface area contributed by atoms with Gasteiger partial charge in [0.1, 0.15) is 5.82 Å². The Morgan fingerprint density at radius 3 is 2.52 bits per heavy atom. The number of aromatic nitrogens is 1. The van der Waals surface area contributed by atoms with E-state index in [4.69, 9.17) is 35.4 Å². The first kappa shape index (κ1) is 20.3. The predicted molar refractivity (Wildman–Crippen MR) is 114 cm³/mol. The number of benzene rings is 1. The molecule has 1 heterocycles. The number of nitrogens with one attached hydrogen (secondary N) is 2. The van der Waals surface area contributed by atoms with Crippen molar-refractivity contribution in [1.82, 2.24) is 10.3 Å². The number of hydrogen-bond acceptors (Lipinski definition) is 2. The molecule has 7 heteroatoms. The Balaban J connectivity index is 1.71. The third-order valence-electron chi connectivity index (χ3n) is 5.29. The fraction of sp³-hybridized carbons (Fsp3) is 0.400. The smallest absolute Gasteiger partial charge is 0.172 e. The maximum absolute atomic E-state index is 13.4. The van der Waals surface area contributed by atoms with Gasteiger partial charge in [0, 0.05) is 18.2 Å². The van der Waals surface area contributed by atoms with Crippen molar-refractivity contribution >= 4 is 46.4 Å². The van der Waals surface area contributed by atoms with Gasteiger partial charge in [0.25, 0.3) is 0 Å². The van der Waals surface area contributed by atoms with Crippen molar-refractivity contribution in [2.24, 2.45) is 0 Å². The minimum absolute atomic E-state index is 0.0508. The zero-order valence-corrected chi connectivity index (χ0v) is 17.4. The molecular formula is C20H22Cl2FN3S. The van der Waals surface area contributed by atoms with E-state index >= 15 is 0 Å². The van der Waals surface area contributed by atoms with Crippen LogP contribution in [0.3, 0.4) is 0 Å². The van der Waals surface area contributed by atoms with E-state index in [1.165, 1.54) is 18.6 Å². The van der Waals surface area contributed by atoms with Crippen molar-refractivity contribution in [2.45, 2.75) is 44.4 Å². The highest BCUT2D eigenvalue weighted by Gasteiger charge is 2.34. The van der Waals surface area contributed by atoms with Crippen molar-refractivity contribution in [1.29, 1.82) is 0 Å². The fourth-order valence-corrected chi connectivity index (χ4v) is 4.20. The van der Waals surface area contributed by atoms with Crippen LogP contribution >= 0.6 is 35.4 Å². The summed E-state index contributed by atoms with van der Waals surface area (Å²) in [6, 6.07) is 6.84. The maximum Gasteiger partial charge on any atom is 0.172 e. The minimum Gasteiger partial charge on any atom is -0.362 e. The van der Waals surface area contributed by atoms with E-state index in [-0.39, 0.29) is 11.2 Å². The zero-order valence-electron chi connectivity index (χ0n) is 15.1. The van der Waals surface area contributed by atoms with Gasteiger partial charge < -0.3 is 10.6 Å². The van der Waals surface area contributed by atoms with Gasteiger partial charge in [-0.15, -0.1) is 0 Å². The molecule has 1 saturated carbocycles. The molecule has 0 aliphatic heterocycles. The van der Waals surface area contributed by atoms with Crippen molar-refractivity contribution < 1.29 is 4.39 Å². The molecule has 1 aliphatic carbocycles. The second-order valence-corrected chi connectivity index (χ2v) is 8.24. The van der Waals surface area contributed by atoms with E-state index in [0.717, 1.165) is 36.8 Å². The van der Waals surface area contributed by atoms with Crippen molar-refractivity contribution in [3.63, 3.8) is 0 Å². The quantitative estimate of drug-likeness (QED) is 0.586. The van der Waals surface area contributed by atoms with Crippen molar-refractivity contribution in [3.8, 4) is 0 Å². The Bertz CT molecular complexity index is 821.